The number of nitrogens with zero attached hydrogens (tertiary/aromatic N) is 1. The maximum atomic E-state index is 12.2. The number of benzene rings is 1. The summed E-state index contributed by atoms with van der Waals surface area (Å²) in [5, 5.41) is 6.28. The van der Waals surface area contributed by atoms with Crippen LogP contribution in [0.3, 0.4) is 0 Å². The molecule has 0 atom stereocenters. The van der Waals surface area contributed by atoms with Gasteiger partial charge in [-0.25, -0.2) is 0 Å². The van der Waals surface area contributed by atoms with Crippen molar-refractivity contribution in [3.05, 3.63) is 53.3 Å². The zero-order chi connectivity index (χ0) is 16.8. The van der Waals surface area contributed by atoms with E-state index in [1.165, 1.54) is 11.1 Å². The highest BCUT2D eigenvalue weighted by Gasteiger charge is 2.08. The van der Waals surface area contributed by atoms with Gasteiger partial charge in [-0.2, -0.15) is 0 Å². The first kappa shape index (κ1) is 17.0. The van der Waals surface area contributed by atoms with Crippen molar-refractivity contribution < 1.29 is 4.79 Å². The Labute approximate surface area is 138 Å². The van der Waals surface area contributed by atoms with Gasteiger partial charge in [0.15, 0.2) is 0 Å². The molecule has 1 aromatic heterocycles. The van der Waals surface area contributed by atoms with Gasteiger partial charge in [0.1, 0.15) is 0 Å². The lowest BCUT2D eigenvalue weighted by Gasteiger charge is -2.12. The maximum absolute atomic E-state index is 12.2. The summed E-state index contributed by atoms with van der Waals surface area (Å²) in [5.41, 5.74) is 4.84. The van der Waals surface area contributed by atoms with E-state index in [0.717, 1.165) is 17.8 Å². The average molecular weight is 311 g/mol. The van der Waals surface area contributed by atoms with Crippen molar-refractivity contribution in [1.29, 1.82) is 0 Å². The normalized spacial score (nSPS) is 10.7. The number of carbonyl (C=O) groups excluding carboxylic acids is 1. The molecule has 122 valence electrons. The molecule has 2 N–H and O–H groups in total. The van der Waals surface area contributed by atoms with E-state index in [2.05, 4.69) is 49.4 Å². The number of amides is 1. The fourth-order valence-corrected chi connectivity index (χ4v) is 2.25. The summed E-state index contributed by atoms with van der Waals surface area (Å²) < 4.78 is 0. The van der Waals surface area contributed by atoms with E-state index in [4.69, 9.17) is 0 Å². The summed E-state index contributed by atoms with van der Waals surface area (Å²) in [4.78, 5) is 16.3. The molecule has 0 radical (unpaired) electrons. The number of aromatic nitrogens is 1. The molecule has 0 bridgehead atoms. The van der Waals surface area contributed by atoms with Gasteiger partial charge in [-0.1, -0.05) is 26.0 Å². The quantitative estimate of drug-likeness (QED) is 0.840. The molecule has 2 aromatic rings. The SMILES string of the molecule is Cc1cccc(Nc2cncc(C(=O)NCCC(C)C)c2)c1C. The molecule has 4 heteroatoms. The first-order chi connectivity index (χ1) is 11.0. The van der Waals surface area contributed by atoms with E-state index in [1.54, 1.807) is 12.4 Å². The van der Waals surface area contributed by atoms with Crippen LogP contribution >= 0.6 is 0 Å². The molecule has 1 amide bonds. The van der Waals surface area contributed by atoms with Crippen molar-refractivity contribution in [2.45, 2.75) is 34.1 Å². The standard InChI is InChI=1S/C19H25N3O/c1-13(2)8-9-21-19(23)16-10-17(12-20-11-16)22-18-7-5-6-14(3)15(18)4/h5-7,10-13,22H,8-9H2,1-4H3,(H,21,23). The van der Waals surface area contributed by atoms with E-state index in [0.29, 0.717) is 18.0 Å². The fourth-order valence-electron chi connectivity index (χ4n) is 2.25. The van der Waals surface area contributed by atoms with Crippen LogP contribution in [0.1, 0.15) is 41.8 Å². The molecule has 0 aliphatic carbocycles. The Bertz CT molecular complexity index is 680. The molecular weight excluding hydrogens is 286 g/mol. The Morgan fingerprint density at radius 1 is 1.22 bits per heavy atom. The van der Waals surface area contributed by atoms with Gasteiger partial charge >= 0.3 is 0 Å². The lowest BCUT2D eigenvalue weighted by atomic mass is 10.1. The Balaban J connectivity index is 2.07. The van der Waals surface area contributed by atoms with Gasteiger partial charge in [0.25, 0.3) is 5.91 Å². The number of pyridine rings is 1. The number of hydrogen-bond donors (Lipinski definition) is 2. The zero-order valence-corrected chi connectivity index (χ0v) is 14.3. The number of hydrogen-bond acceptors (Lipinski definition) is 3. The van der Waals surface area contributed by atoms with Crippen LogP contribution in [-0.4, -0.2) is 17.4 Å². The molecule has 1 heterocycles. The minimum absolute atomic E-state index is 0.0808. The predicted molar refractivity (Wildman–Crippen MR) is 95.2 cm³/mol. The maximum Gasteiger partial charge on any atom is 0.252 e. The van der Waals surface area contributed by atoms with Crippen LogP contribution in [0, 0.1) is 19.8 Å². The van der Waals surface area contributed by atoms with E-state index in [-0.39, 0.29) is 5.91 Å². The van der Waals surface area contributed by atoms with Crippen molar-refractivity contribution >= 4 is 17.3 Å². The van der Waals surface area contributed by atoms with Gasteiger partial charge in [0.2, 0.25) is 0 Å². The largest absolute Gasteiger partial charge is 0.354 e. The second-order valence-corrected chi connectivity index (χ2v) is 6.27. The third-order valence-electron chi connectivity index (χ3n) is 3.89. The van der Waals surface area contributed by atoms with Crippen molar-refractivity contribution in [1.82, 2.24) is 10.3 Å². The highest BCUT2D eigenvalue weighted by molar-refractivity contribution is 5.94. The summed E-state index contributed by atoms with van der Waals surface area (Å²) in [7, 11) is 0. The number of rotatable bonds is 6. The van der Waals surface area contributed by atoms with Crippen LogP contribution in [0.2, 0.25) is 0 Å². The Kier molecular flexibility index (Phi) is 5.74. The highest BCUT2D eigenvalue weighted by Crippen LogP contribution is 2.22. The number of nitrogens with one attached hydrogen (secondary N) is 2. The molecule has 23 heavy (non-hydrogen) atoms. The molecule has 0 saturated heterocycles. The summed E-state index contributed by atoms with van der Waals surface area (Å²) in [6, 6.07) is 7.95. The van der Waals surface area contributed by atoms with Gasteiger partial charge in [-0.3, -0.25) is 9.78 Å². The Morgan fingerprint density at radius 3 is 2.74 bits per heavy atom. The van der Waals surface area contributed by atoms with Crippen molar-refractivity contribution in [2.75, 3.05) is 11.9 Å². The molecule has 0 fully saturated rings. The monoisotopic (exact) mass is 311 g/mol. The molecule has 0 aliphatic rings. The predicted octanol–water partition coefficient (Wildman–Crippen LogP) is 4.22. The molecule has 0 saturated carbocycles. The van der Waals surface area contributed by atoms with Crippen LogP contribution in [0.5, 0.6) is 0 Å². The molecule has 4 nitrogen and oxygen atoms in total. The molecule has 0 unspecified atom stereocenters. The van der Waals surface area contributed by atoms with Crippen molar-refractivity contribution in [2.24, 2.45) is 5.92 Å². The van der Waals surface area contributed by atoms with Crippen molar-refractivity contribution in [3.63, 3.8) is 0 Å². The van der Waals surface area contributed by atoms with Gasteiger partial charge < -0.3 is 10.6 Å². The molecule has 0 aliphatic heterocycles. The number of anilines is 2. The zero-order valence-electron chi connectivity index (χ0n) is 14.3. The van der Waals surface area contributed by atoms with Gasteiger partial charge in [-0.15, -0.1) is 0 Å². The summed E-state index contributed by atoms with van der Waals surface area (Å²) in [6.45, 7) is 9.13. The highest BCUT2D eigenvalue weighted by atomic mass is 16.1. The molecule has 0 spiro atoms. The van der Waals surface area contributed by atoms with Crippen LogP contribution < -0.4 is 10.6 Å². The fraction of sp³-hybridized carbons (Fsp3) is 0.368. The minimum Gasteiger partial charge on any atom is -0.354 e. The lowest BCUT2D eigenvalue weighted by molar-refractivity contribution is 0.0951. The molecule has 1 aromatic carbocycles. The van der Waals surface area contributed by atoms with E-state index in [1.807, 2.05) is 18.2 Å². The number of aryl methyl sites for hydroxylation is 1. The lowest BCUT2D eigenvalue weighted by Crippen LogP contribution is -2.25. The van der Waals surface area contributed by atoms with E-state index in [9.17, 15) is 4.79 Å². The third-order valence-corrected chi connectivity index (χ3v) is 3.89. The Morgan fingerprint density at radius 2 is 2.00 bits per heavy atom. The number of carbonyl (C=O) groups is 1. The van der Waals surface area contributed by atoms with Gasteiger partial charge in [0, 0.05) is 18.4 Å². The van der Waals surface area contributed by atoms with Crippen LogP contribution in [0.25, 0.3) is 0 Å². The minimum atomic E-state index is -0.0808. The van der Waals surface area contributed by atoms with E-state index < -0.39 is 0 Å². The van der Waals surface area contributed by atoms with Crippen LogP contribution in [0.15, 0.2) is 36.7 Å². The third kappa shape index (κ3) is 4.81. The van der Waals surface area contributed by atoms with Gasteiger partial charge in [0.05, 0.1) is 17.4 Å². The summed E-state index contributed by atoms with van der Waals surface area (Å²) >= 11 is 0. The van der Waals surface area contributed by atoms with Crippen LogP contribution in [-0.2, 0) is 0 Å². The summed E-state index contributed by atoms with van der Waals surface area (Å²) in [6.07, 6.45) is 4.30. The Hall–Kier alpha value is -2.36. The second-order valence-electron chi connectivity index (χ2n) is 6.27. The average Bonchev–Trinajstić information content (AvgIpc) is 2.52. The second kappa shape index (κ2) is 7.77. The molecule has 2 rings (SSSR count). The topological polar surface area (TPSA) is 54.0 Å². The van der Waals surface area contributed by atoms with E-state index >= 15 is 0 Å². The smallest absolute Gasteiger partial charge is 0.252 e. The molecular formula is C19H25N3O. The first-order valence-corrected chi connectivity index (χ1v) is 8.04. The first-order valence-electron chi connectivity index (χ1n) is 8.04. The van der Waals surface area contributed by atoms with Crippen molar-refractivity contribution in [3.8, 4) is 0 Å². The summed E-state index contributed by atoms with van der Waals surface area (Å²) in [5.74, 6) is 0.494. The van der Waals surface area contributed by atoms with Gasteiger partial charge in [-0.05, 0) is 49.4 Å². The van der Waals surface area contributed by atoms with Crippen LogP contribution in [0.4, 0.5) is 11.4 Å².